The van der Waals surface area contributed by atoms with Crippen LogP contribution in [0.15, 0.2) is 42.5 Å². The molecule has 2 aromatic heterocycles. The number of rotatable bonds is 5. The third kappa shape index (κ3) is 3.37. The fourth-order valence-corrected chi connectivity index (χ4v) is 3.32. The van der Waals surface area contributed by atoms with Crippen LogP contribution in [0.25, 0.3) is 16.3 Å². The van der Waals surface area contributed by atoms with E-state index >= 15 is 0 Å². The van der Waals surface area contributed by atoms with Crippen LogP contribution in [0.4, 0.5) is 9.52 Å². The predicted octanol–water partition coefficient (Wildman–Crippen LogP) is 3.26. The number of carbonyl (C=O) groups excluding carboxylic acids is 1. The largest absolute Gasteiger partial charge is 0.497 e. The molecule has 4 aromatic rings. The monoisotopic (exact) mass is 399 g/mol. The average molecular weight is 399 g/mol. The molecule has 1 amide bonds. The molecule has 0 saturated heterocycles. The molecule has 0 aliphatic heterocycles. The lowest BCUT2D eigenvalue weighted by Gasteiger charge is -2.07. The Labute approximate surface area is 162 Å². The van der Waals surface area contributed by atoms with Crippen molar-refractivity contribution in [2.24, 2.45) is 0 Å². The van der Waals surface area contributed by atoms with E-state index in [-0.39, 0.29) is 11.7 Å². The van der Waals surface area contributed by atoms with Gasteiger partial charge in [0.1, 0.15) is 17.3 Å². The number of carbonyl (C=O) groups is 1. The lowest BCUT2D eigenvalue weighted by atomic mass is 10.2. The summed E-state index contributed by atoms with van der Waals surface area (Å²) in [6.07, 6.45) is 0. The Kier molecular flexibility index (Phi) is 4.62. The highest BCUT2D eigenvalue weighted by Crippen LogP contribution is 2.26. The molecule has 0 saturated carbocycles. The summed E-state index contributed by atoms with van der Waals surface area (Å²) >= 11 is 1.15. The van der Waals surface area contributed by atoms with Crippen molar-refractivity contribution in [3.05, 3.63) is 53.8 Å². The number of amides is 1. The van der Waals surface area contributed by atoms with E-state index in [2.05, 4.69) is 20.6 Å². The van der Waals surface area contributed by atoms with Crippen LogP contribution in [-0.4, -0.2) is 39.9 Å². The molecule has 28 heavy (non-hydrogen) atoms. The minimum Gasteiger partial charge on any atom is -0.497 e. The molecule has 0 bridgehead atoms. The lowest BCUT2D eigenvalue weighted by Crippen LogP contribution is -2.12. The second-order valence-electron chi connectivity index (χ2n) is 5.69. The van der Waals surface area contributed by atoms with Crippen molar-refractivity contribution >= 4 is 27.3 Å². The van der Waals surface area contributed by atoms with Gasteiger partial charge in [-0.05, 0) is 24.3 Å². The average Bonchev–Trinajstić information content (AvgIpc) is 3.27. The summed E-state index contributed by atoms with van der Waals surface area (Å²) in [6, 6.07) is 10.8. The van der Waals surface area contributed by atoms with E-state index in [9.17, 15) is 9.18 Å². The van der Waals surface area contributed by atoms with Gasteiger partial charge in [-0.3, -0.25) is 10.1 Å². The Balaban J connectivity index is 1.63. The van der Waals surface area contributed by atoms with E-state index in [1.54, 1.807) is 30.3 Å². The quantitative estimate of drug-likeness (QED) is 0.554. The summed E-state index contributed by atoms with van der Waals surface area (Å²) in [5.74, 6) is 0.612. The molecule has 4 rings (SSSR count). The number of nitrogens with zero attached hydrogens (tertiary/aromatic N) is 4. The van der Waals surface area contributed by atoms with E-state index in [4.69, 9.17) is 9.47 Å². The van der Waals surface area contributed by atoms with Crippen molar-refractivity contribution in [1.29, 1.82) is 0 Å². The van der Waals surface area contributed by atoms with Crippen molar-refractivity contribution in [1.82, 2.24) is 19.8 Å². The van der Waals surface area contributed by atoms with Crippen LogP contribution in [0, 0.1) is 5.82 Å². The minimum absolute atomic E-state index is 0.328. The Morgan fingerprint density at radius 1 is 1.11 bits per heavy atom. The summed E-state index contributed by atoms with van der Waals surface area (Å²) in [7, 11) is 3.01. The molecule has 10 heteroatoms. The fraction of sp³-hybridized carbons (Fsp3) is 0.111. The molecule has 0 fully saturated rings. The van der Waals surface area contributed by atoms with E-state index in [1.165, 1.54) is 30.9 Å². The minimum atomic E-state index is -0.384. The first kappa shape index (κ1) is 17.9. The van der Waals surface area contributed by atoms with Gasteiger partial charge in [-0.25, -0.2) is 4.39 Å². The first-order valence-electron chi connectivity index (χ1n) is 8.10. The van der Waals surface area contributed by atoms with Gasteiger partial charge in [0, 0.05) is 17.2 Å². The molecule has 1 N–H and O–H groups in total. The third-order valence-electron chi connectivity index (χ3n) is 3.91. The number of hydrogen-bond donors (Lipinski definition) is 1. The molecule has 0 aliphatic carbocycles. The smallest absolute Gasteiger partial charge is 0.257 e. The maximum Gasteiger partial charge on any atom is 0.257 e. The van der Waals surface area contributed by atoms with Gasteiger partial charge < -0.3 is 9.47 Å². The topological polar surface area (TPSA) is 90.6 Å². The predicted molar refractivity (Wildman–Crippen MR) is 102 cm³/mol. The van der Waals surface area contributed by atoms with Gasteiger partial charge in [0.25, 0.3) is 5.91 Å². The summed E-state index contributed by atoms with van der Waals surface area (Å²) in [6.45, 7) is 0. The number of halogens is 1. The van der Waals surface area contributed by atoms with E-state index in [0.29, 0.717) is 38.5 Å². The van der Waals surface area contributed by atoms with Crippen LogP contribution in [0.5, 0.6) is 11.5 Å². The molecule has 0 radical (unpaired) electrons. The van der Waals surface area contributed by atoms with Gasteiger partial charge in [-0.1, -0.05) is 23.5 Å². The fourth-order valence-electron chi connectivity index (χ4n) is 2.58. The number of methoxy groups -OCH3 is 2. The Morgan fingerprint density at radius 3 is 2.54 bits per heavy atom. The molecule has 2 heterocycles. The van der Waals surface area contributed by atoms with Crippen molar-refractivity contribution in [3.63, 3.8) is 0 Å². The highest BCUT2D eigenvalue weighted by atomic mass is 32.1. The number of fused-ring (bicyclic) bond motifs is 1. The maximum atomic E-state index is 13.5. The molecule has 8 nitrogen and oxygen atoms in total. The zero-order valence-electron chi connectivity index (χ0n) is 14.8. The first-order chi connectivity index (χ1) is 13.6. The standard InChI is InChI=1S/C18H14FN5O3S/c1-26-13-7-11(8-14(9-13)27-2)16(25)20-17-23-24-15(21-22-18(24)28-17)10-4-3-5-12(19)6-10/h3-9H,1-2H3,(H,20,23,25). The van der Waals surface area contributed by atoms with Crippen molar-refractivity contribution in [2.45, 2.75) is 0 Å². The molecule has 0 spiro atoms. The molecule has 2 aromatic carbocycles. The van der Waals surface area contributed by atoms with Crippen molar-refractivity contribution in [3.8, 4) is 22.9 Å². The number of anilines is 1. The second-order valence-corrected chi connectivity index (χ2v) is 6.65. The van der Waals surface area contributed by atoms with Gasteiger partial charge >= 0.3 is 0 Å². The van der Waals surface area contributed by atoms with Crippen LogP contribution < -0.4 is 14.8 Å². The molecule has 0 unspecified atom stereocenters. The Bertz CT molecular complexity index is 1150. The van der Waals surface area contributed by atoms with Gasteiger partial charge in [-0.15, -0.1) is 15.3 Å². The van der Waals surface area contributed by atoms with Crippen LogP contribution in [0.1, 0.15) is 10.4 Å². The zero-order chi connectivity index (χ0) is 19.7. The summed E-state index contributed by atoms with van der Waals surface area (Å²) < 4.78 is 25.3. The highest BCUT2D eigenvalue weighted by molar-refractivity contribution is 7.20. The highest BCUT2D eigenvalue weighted by Gasteiger charge is 2.17. The molecule has 0 aliphatic rings. The zero-order valence-corrected chi connectivity index (χ0v) is 15.7. The number of ether oxygens (including phenoxy) is 2. The molecule has 0 atom stereocenters. The third-order valence-corrected chi connectivity index (χ3v) is 4.72. The van der Waals surface area contributed by atoms with E-state index < -0.39 is 0 Å². The number of benzene rings is 2. The van der Waals surface area contributed by atoms with Crippen molar-refractivity contribution < 1.29 is 18.7 Å². The summed E-state index contributed by atoms with van der Waals surface area (Å²) in [4.78, 5) is 13.1. The van der Waals surface area contributed by atoms with Gasteiger partial charge in [0.05, 0.1) is 14.2 Å². The lowest BCUT2D eigenvalue weighted by molar-refractivity contribution is 0.102. The van der Waals surface area contributed by atoms with E-state index in [0.717, 1.165) is 11.3 Å². The normalized spacial score (nSPS) is 10.8. The number of nitrogens with one attached hydrogen (secondary N) is 1. The van der Waals surface area contributed by atoms with Gasteiger partial charge in [0.2, 0.25) is 10.1 Å². The van der Waals surface area contributed by atoms with Crippen molar-refractivity contribution in [2.75, 3.05) is 19.5 Å². The number of aromatic nitrogens is 4. The van der Waals surface area contributed by atoms with Gasteiger partial charge in [-0.2, -0.15) is 4.52 Å². The maximum absolute atomic E-state index is 13.5. The number of hydrogen-bond acceptors (Lipinski definition) is 7. The van der Waals surface area contributed by atoms with E-state index in [1.807, 2.05) is 0 Å². The Hall–Kier alpha value is -3.53. The van der Waals surface area contributed by atoms with Crippen LogP contribution in [0.2, 0.25) is 0 Å². The SMILES string of the molecule is COc1cc(OC)cc(C(=O)Nc2nn3c(-c4cccc(F)c4)nnc3s2)c1. The first-order valence-corrected chi connectivity index (χ1v) is 8.91. The van der Waals surface area contributed by atoms with Crippen LogP contribution in [-0.2, 0) is 0 Å². The van der Waals surface area contributed by atoms with Gasteiger partial charge in [0.15, 0.2) is 5.82 Å². The molecular formula is C18H14FN5O3S. The second kappa shape index (κ2) is 7.24. The molecular weight excluding hydrogens is 385 g/mol. The Morgan fingerprint density at radius 2 is 1.86 bits per heavy atom. The molecule has 142 valence electrons. The summed E-state index contributed by atoms with van der Waals surface area (Å²) in [5.41, 5.74) is 0.890. The van der Waals surface area contributed by atoms with Crippen LogP contribution >= 0.6 is 11.3 Å². The van der Waals surface area contributed by atoms with Crippen LogP contribution in [0.3, 0.4) is 0 Å². The summed E-state index contributed by atoms with van der Waals surface area (Å²) in [5, 5.41) is 15.4.